The molecule has 1 rings (SSSR count). The second-order valence-corrected chi connectivity index (χ2v) is 2.82. The number of likely N-dealkylation sites (N-methyl/N-ethyl adjacent to an activating group) is 1. The third-order valence-corrected chi connectivity index (χ3v) is 1.95. The Balaban J connectivity index is 0. The minimum absolute atomic E-state index is 0.740. The van der Waals surface area contributed by atoms with E-state index in [1.165, 1.54) is 19.5 Å². The average Bonchev–Trinajstić information content (AvgIpc) is 2.24. The first-order chi connectivity index (χ1) is 6.33. The second kappa shape index (κ2) is 11.9. The van der Waals surface area contributed by atoms with Crippen LogP contribution in [0.5, 0.6) is 0 Å². The second-order valence-electron chi connectivity index (χ2n) is 2.82. The molecule has 0 bridgehead atoms. The van der Waals surface area contributed by atoms with Crippen molar-refractivity contribution in [1.82, 2.24) is 10.2 Å². The van der Waals surface area contributed by atoms with Gasteiger partial charge < -0.3 is 10.2 Å². The van der Waals surface area contributed by atoms with Gasteiger partial charge in [-0.15, -0.1) is 0 Å². The standard InChI is InChI=1S/C7H16N2.2C2H6/c1-3-7-6-9(2)5-4-8-7;2*1-2/h7-8H,3-6H2,1-2H3;2*1-2H3. The summed E-state index contributed by atoms with van der Waals surface area (Å²) in [4.78, 5) is 2.38. The Morgan fingerprint density at radius 2 is 1.77 bits per heavy atom. The molecule has 1 N–H and O–H groups in total. The zero-order valence-electron chi connectivity index (χ0n) is 10.4. The maximum absolute atomic E-state index is 3.46. The van der Waals surface area contributed by atoms with Crippen molar-refractivity contribution in [3.63, 3.8) is 0 Å². The largest absolute Gasteiger partial charge is 0.311 e. The van der Waals surface area contributed by atoms with Crippen LogP contribution in [-0.4, -0.2) is 37.6 Å². The van der Waals surface area contributed by atoms with E-state index < -0.39 is 0 Å². The Bertz CT molecular complexity index is 84.2. The smallest absolute Gasteiger partial charge is 0.0192 e. The first-order valence-electron chi connectivity index (χ1n) is 5.75. The van der Waals surface area contributed by atoms with Gasteiger partial charge in [-0.3, -0.25) is 0 Å². The lowest BCUT2D eigenvalue weighted by Crippen LogP contribution is -2.48. The van der Waals surface area contributed by atoms with Gasteiger partial charge >= 0.3 is 0 Å². The lowest BCUT2D eigenvalue weighted by atomic mass is 10.2. The third kappa shape index (κ3) is 8.26. The summed E-state index contributed by atoms with van der Waals surface area (Å²) >= 11 is 0. The molecule has 0 aromatic carbocycles. The summed E-state index contributed by atoms with van der Waals surface area (Å²) in [6.07, 6.45) is 1.25. The predicted molar refractivity (Wildman–Crippen MR) is 62.3 cm³/mol. The SMILES string of the molecule is CC.CC.CCC1CN(C)CCN1. The number of hydrogen-bond donors (Lipinski definition) is 1. The summed E-state index contributed by atoms with van der Waals surface area (Å²) < 4.78 is 0. The average molecular weight is 188 g/mol. The molecule has 2 heteroatoms. The Morgan fingerprint density at radius 1 is 1.23 bits per heavy atom. The van der Waals surface area contributed by atoms with Crippen molar-refractivity contribution in [2.24, 2.45) is 0 Å². The number of nitrogens with zero attached hydrogens (tertiary/aromatic N) is 1. The van der Waals surface area contributed by atoms with Crippen LogP contribution in [0, 0.1) is 0 Å². The molecule has 0 aliphatic carbocycles. The topological polar surface area (TPSA) is 15.3 Å². The highest BCUT2D eigenvalue weighted by Gasteiger charge is 2.12. The molecule has 1 atom stereocenters. The molecule has 1 unspecified atom stereocenters. The molecule has 1 aliphatic heterocycles. The van der Waals surface area contributed by atoms with E-state index in [2.05, 4.69) is 24.2 Å². The number of piperazine rings is 1. The molecule has 0 saturated carbocycles. The Hall–Kier alpha value is -0.0800. The first-order valence-corrected chi connectivity index (χ1v) is 5.75. The highest BCUT2D eigenvalue weighted by atomic mass is 15.2. The van der Waals surface area contributed by atoms with Crippen LogP contribution in [0.3, 0.4) is 0 Å². The minimum atomic E-state index is 0.740. The fourth-order valence-electron chi connectivity index (χ4n) is 1.27. The monoisotopic (exact) mass is 188 g/mol. The van der Waals surface area contributed by atoms with Crippen LogP contribution in [0.4, 0.5) is 0 Å². The van der Waals surface area contributed by atoms with Crippen LogP contribution in [0.25, 0.3) is 0 Å². The van der Waals surface area contributed by atoms with Crippen molar-refractivity contribution in [1.29, 1.82) is 0 Å². The van der Waals surface area contributed by atoms with Crippen LogP contribution in [0.1, 0.15) is 41.0 Å². The quantitative estimate of drug-likeness (QED) is 0.679. The van der Waals surface area contributed by atoms with E-state index >= 15 is 0 Å². The zero-order chi connectivity index (χ0) is 10.7. The summed E-state index contributed by atoms with van der Waals surface area (Å²) in [5.41, 5.74) is 0. The zero-order valence-corrected chi connectivity index (χ0v) is 10.4. The van der Waals surface area contributed by atoms with Gasteiger partial charge in [0.25, 0.3) is 0 Å². The summed E-state index contributed by atoms with van der Waals surface area (Å²) in [5, 5.41) is 3.46. The van der Waals surface area contributed by atoms with E-state index in [0.29, 0.717) is 0 Å². The number of hydrogen-bond acceptors (Lipinski definition) is 2. The van der Waals surface area contributed by atoms with Gasteiger partial charge in [0.1, 0.15) is 0 Å². The lowest BCUT2D eigenvalue weighted by Gasteiger charge is -2.29. The molecular weight excluding hydrogens is 160 g/mol. The molecule has 1 fully saturated rings. The van der Waals surface area contributed by atoms with Crippen molar-refractivity contribution < 1.29 is 0 Å². The molecule has 2 nitrogen and oxygen atoms in total. The molecule has 0 aromatic heterocycles. The summed E-state index contributed by atoms with van der Waals surface area (Å²) in [6.45, 7) is 13.8. The van der Waals surface area contributed by atoms with Crippen LogP contribution >= 0.6 is 0 Å². The summed E-state index contributed by atoms with van der Waals surface area (Å²) in [6, 6.07) is 0.740. The summed E-state index contributed by atoms with van der Waals surface area (Å²) in [5.74, 6) is 0. The normalized spacial score (nSPS) is 22.2. The van der Waals surface area contributed by atoms with Crippen LogP contribution in [0.15, 0.2) is 0 Å². The van der Waals surface area contributed by atoms with Gasteiger partial charge in [0.2, 0.25) is 0 Å². The fraction of sp³-hybridized carbons (Fsp3) is 1.00. The van der Waals surface area contributed by atoms with Gasteiger partial charge in [-0.2, -0.15) is 0 Å². The maximum Gasteiger partial charge on any atom is 0.0192 e. The highest BCUT2D eigenvalue weighted by Crippen LogP contribution is 1.98. The lowest BCUT2D eigenvalue weighted by molar-refractivity contribution is 0.235. The van der Waals surface area contributed by atoms with E-state index in [9.17, 15) is 0 Å². The third-order valence-electron chi connectivity index (χ3n) is 1.95. The van der Waals surface area contributed by atoms with Crippen molar-refractivity contribution in [2.75, 3.05) is 26.7 Å². The molecule has 82 valence electrons. The highest BCUT2D eigenvalue weighted by molar-refractivity contribution is 4.74. The van der Waals surface area contributed by atoms with E-state index in [-0.39, 0.29) is 0 Å². The molecule has 1 aliphatic rings. The van der Waals surface area contributed by atoms with Gasteiger partial charge in [-0.05, 0) is 13.5 Å². The molecule has 0 radical (unpaired) electrons. The van der Waals surface area contributed by atoms with E-state index in [1.54, 1.807) is 0 Å². The molecule has 1 saturated heterocycles. The maximum atomic E-state index is 3.46. The van der Waals surface area contributed by atoms with E-state index in [1.807, 2.05) is 27.7 Å². The van der Waals surface area contributed by atoms with Crippen molar-refractivity contribution in [3.05, 3.63) is 0 Å². The molecular formula is C11H28N2. The van der Waals surface area contributed by atoms with Gasteiger partial charge in [0.15, 0.2) is 0 Å². The molecule has 0 aromatic rings. The minimum Gasteiger partial charge on any atom is -0.311 e. The van der Waals surface area contributed by atoms with Crippen molar-refractivity contribution >= 4 is 0 Å². The van der Waals surface area contributed by atoms with Gasteiger partial charge in [-0.1, -0.05) is 34.6 Å². The number of rotatable bonds is 1. The predicted octanol–water partition coefficient (Wildman–Crippen LogP) is 2.35. The summed E-state index contributed by atoms with van der Waals surface area (Å²) in [7, 11) is 2.18. The molecule has 0 spiro atoms. The Kier molecular flexibility index (Phi) is 14.1. The fourth-order valence-corrected chi connectivity index (χ4v) is 1.27. The van der Waals surface area contributed by atoms with Crippen LogP contribution < -0.4 is 5.32 Å². The first kappa shape index (κ1) is 15.4. The van der Waals surface area contributed by atoms with Crippen LogP contribution in [0.2, 0.25) is 0 Å². The van der Waals surface area contributed by atoms with Gasteiger partial charge in [0.05, 0.1) is 0 Å². The van der Waals surface area contributed by atoms with Crippen molar-refractivity contribution in [3.8, 4) is 0 Å². The van der Waals surface area contributed by atoms with E-state index in [0.717, 1.165) is 12.6 Å². The number of nitrogens with one attached hydrogen (secondary N) is 1. The van der Waals surface area contributed by atoms with E-state index in [4.69, 9.17) is 0 Å². The molecule has 13 heavy (non-hydrogen) atoms. The Labute approximate surface area is 84.7 Å². The van der Waals surface area contributed by atoms with Gasteiger partial charge in [0, 0.05) is 25.7 Å². The van der Waals surface area contributed by atoms with Crippen molar-refractivity contribution in [2.45, 2.75) is 47.1 Å². The van der Waals surface area contributed by atoms with Gasteiger partial charge in [-0.25, -0.2) is 0 Å². The van der Waals surface area contributed by atoms with Crippen LogP contribution in [-0.2, 0) is 0 Å². The Morgan fingerprint density at radius 3 is 2.08 bits per heavy atom. The molecule has 0 amide bonds. The molecule has 1 heterocycles.